The molecule has 3 N–H and O–H groups in total. The van der Waals surface area contributed by atoms with Gasteiger partial charge in [0.25, 0.3) is 0 Å². The molecule has 164 valence electrons. The second kappa shape index (κ2) is 8.33. The van der Waals surface area contributed by atoms with E-state index in [1.807, 2.05) is 32.0 Å². The molecule has 1 aliphatic carbocycles. The van der Waals surface area contributed by atoms with E-state index in [9.17, 15) is 13.2 Å². The third-order valence-electron chi connectivity index (χ3n) is 4.79. The van der Waals surface area contributed by atoms with Crippen molar-refractivity contribution in [3.05, 3.63) is 48.0 Å². The molecule has 0 bridgehead atoms. The van der Waals surface area contributed by atoms with Crippen molar-refractivity contribution in [1.82, 2.24) is 10.2 Å². The number of aromatic nitrogens is 2. The maximum absolute atomic E-state index is 12.7. The maximum atomic E-state index is 12.7. The lowest BCUT2D eigenvalue weighted by Crippen LogP contribution is -2.18. The number of nitrogens with one attached hydrogen (secondary N) is 3. The SMILES string of the molecule is CCOc1cc2cc3c(NCc4ccccc4OC(F)(F)F)[nH][nH]c-3c2cc1OCC. The number of fused-ring (bicyclic) bond motifs is 3. The monoisotopic (exact) mass is 433 g/mol. The van der Waals surface area contributed by atoms with E-state index in [-0.39, 0.29) is 12.3 Å². The van der Waals surface area contributed by atoms with Crippen molar-refractivity contribution < 1.29 is 27.4 Å². The lowest BCUT2D eigenvalue weighted by Gasteiger charge is -2.13. The Morgan fingerprint density at radius 1 is 0.903 bits per heavy atom. The van der Waals surface area contributed by atoms with E-state index >= 15 is 0 Å². The van der Waals surface area contributed by atoms with Crippen LogP contribution in [0.2, 0.25) is 0 Å². The molecule has 0 spiro atoms. The predicted molar refractivity (Wildman–Crippen MR) is 112 cm³/mol. The Labute approximate surface area is 176 Å². The fourth-order valence-electron chi connectivity index (χ4n) is 3.54. The van der Waals surface area contributed by atoms with Gasteiger partial charge in [-0.25, -0.2) is 0 Å². The van der Waals surface area contributed by atoms with E-state index in [4.69, 9.17) is 9.47 Å². The van der Waals surface area contributed by atoms with Crippen LogP contribution in [-0.4, -0.2) is 29.8 Å². The highest BCUT2D eigenvalue weighted by Gasteiger charge is 2.32. The Hall–Kier alpha value is -3.49. The van der Waals surface area contributed by atoms with Gasteiger partial charge in [-0.05, 0) is 43.5 Å². The zero-order valence-electron chi connectivity index (χ0n) is 17.0. The van der Waals surface area contributed by atoms with E-state index in [0.29, 0.717) is 36.1 Å². The number of anilines is 1. The zero-order chi connectivity index (χ0) is 22.0. The van der Waals surface area contributed by atoms with Crippen LogP contribution in [0, 0.1) is 0 Å². The molecule has 6 nitrogen and oxygen atoms in total. The topological polar surface area (TPSA) is 71.3 Å². The summed E-state index contributed by atoms with van der Waals surface area (Å²) in [6, 6.07) is 11.9. The Kier molecular flexibility index (Phi) is 5.58. The largest absolute Gasteiger partial charge is 0.573 e. The Bertz CT molecular complexity index is 1150. The molecule has 4 rings (SSSR count). The minimum absolute atomic E-state index is 0.144. The summed E-state index contributed by atoms with van der Waals surface area (Å²) in [5.41, 5.74) is 2.12. The summed E-state index contributed by atoms with van der Waals surface area (Å²) in [6.45, 7) is 4.99. The number of rotatable bonds is 8. The summed E-state index contributed by atoms with van der Waals surface area (Å²) < 4.78 is 53.5. The Balaban J connectivity index is 1.61. The van der Waals surface area contributed by atoms with Crippen molar-refractivity contribution in [3.8, 4) is 28.5 Å². The van der Waals surface area contributed by atoms with Crippen molar-refractivity contribution in [2.45, 2.75) is 26.8 Å². The van der Waals surface area contributed by atoms with Gasteiger partial charge in [-0.15, -0.1) is 13.2 Å². The normalized spacial score (nSPS) is 11.8. The van der Waals surface area contributed by atoms with Gasteiger partial charge < -0.3 is 19.5 Å². The van der Waals surface area contributed by atoms with Gasteiger partial charge in [0.2, 0.25) is 0 Å². The first-order valence-corrected chi connectivity index (χ1v) is 9.89. The molecule has 0 amide bonds. The van der Waals surface area contributed by atoms with Crippen LogP contribution in [0.1, 0.15) is 19.4 Å². The molecule has 2 aromatic rings. The van der Waals surface area contributed by atoms with E-state index < -0.39 is 6.36 Å². The van der Waals surface area contributed by atoms with Crippen molar-refractivity contribution in [3.63, 3.8) is 0 Å². The maximum Gasteiger partial charge on any atom is 0.573 e. The third kappa shape index (κ3) is 4.35. The molecule has 2 aromatic carbocycles. The minimum Gasteiger partial charge on any atom is -0.490 e. The molecule has 0 unspecified atom stereocenters. The quantitative estimate of drug-likeness (QED) is 0.323. The van der Waals surface area contributed by atoms with Gasteiger partial charge in [-0.2, -0.15) is 0 Å². The van der Waals surface area contributed by atoms with Gasteiger partial charge >= 0.3 is 6.36 Å². The number of hydrogen-bond acceptors (Lipinski definition) is 4. The molecule has 0 atom stereocenters. The number of H-pyrrole nitrogens is 2. The number of benzene rings is 2. The average Bonchev–Trinajstić information content (AvgIpc) is 3.26. The number of aromatic amines is 2. The van der Waals surface area contributed by atoms with E-state index in [2.05, 4.69) is 20.3 Å². The molecule has 0 saturated heterocycles. The Morgan fingerprint density at radius 3 is 2.32 bits per heavy atom. The van der Waals surface area contributed by atoms with Crippen LogP contribution < -0.4 is 19.5 Å². The fraction of sp³-hybridized carbons (Fsp3) is 0.273. The van der Waals surface area contributed by atoms with Crippen LogP contribution in [0.5, 0.6) is 17.2 Å². The van der Waals surface area contributed by atoms with E-state index in [1.165, 1.54) is 12.1 Å². The number of para-hydroxylation sites is 1. The summed E-state index contributed by atoms with van der Waals surface area (Å²) in [5, 5.41) is 11.2. The molecular formula is C22H22F3N3O3. The van der Waals surface area contributed by atoms with Crippen LogP contribution in [0.3, 0.4) is 0 Å². The van der Waals surface area contributed by atoms with Crippen LogP contribution in [0.25, 0.3) is 22.0 Å². The summed E-state index contributed by atoms with van der Waals surface area (Å²) in [7, 11) is 0. The predicted octanol–water partition coefficient (Wildman–Crippen LogP) is 5.91. The van der Waals surface area contributed by atoms with Crippen LogP contribution >= 0.6 is 0 Å². The van der Waals surface area contributed by atoms with Gasteiger partial charge in [-0.1, -0.05) is 18.2 Å². The average molecular weight is 433 g/mol. The highest BCUT2D eigenvalue weighted by molar-refractivity contribution is 6.05. The zero-order valence-corrected chi connectivity index (χ0v) is 17.0. The fourth-order valence-corrected chi connectivity index (χ4v) is 3.54. The molecule has 9 heteroatoms. The molecule has 0 aromatic heterocycles. The first kappa shape index (κ1) is 20.8. The van der Waals surface area contributed by atoms with Crippen molar-refractivity contribution in [1.29, 1.82) is 0 Å². The van der Waals surface area contributed by atoms with E-state index in [0.717, 1.165) is 22.0 Å². The van der Waals surface area contributed by atoms with Gasteiger partial charge in [0.1, 0.15) is 11.6 Å². The summed E-state index contributed by atoms with van der Waals surface area (Å²) in [4.78, 5) is 0. The highest BCUT2D eigenvalue weighted by atomic mass is 19.4. The van der Waals surface area contributed by atoms with E-state index in [1.54, 1.807) is 12.1 Å². The van der Waals surface area contributed by atoms with Crippen LogP contribution in [0.15, 0.2) is 42.5 Å². The lowest BCUT2D eigenvalue weighted by atomic mass is 10.2. The molecule has 2 aliphatic rings. The number of halogens is 3. The molecule has 1 aliphatic heterocycles. The minimum atomic E-state index is -4.75. The van der Waals surface area contributed by atoms with Crippen molar-refractivity contribution in [2.24, 2.45) is 0 Å². The molecule has 0 saturated carbocycles. The second-order valence-corrected chi connectivity index (χ2v) is 6.82. The molecule has 31 heavy (non-hydrogen) atoms. The lowest BCUT2D eigenvalue weighted by molar-refractivity contribution is -0.274. The highest BCUT2D eigenvalue weighted by Crippen LogP contribution is 2.42. The summed E-state index contributed by atoms with van der Waals surface area (Å²) in [5.74, 6) is 1.75. The molecule has 0 radical (unpaired) electrons. The van der Waals surface area contributed by atoms with Gasteiger partial charge in [0.15, 0.2) is 11.5 Å². The second-order valence-electron chi connectivity index (χ2n) is 6.82. The van der Waals surface area contributed by atoms with Crippen LogP contribution in [-0.2, 0) is 6.54 Å². The number of hydrogen-bond donors (Lipinski definition) is 3. The van der Waals surface area contributed by atoms with Gasteiger partial charge in [-0.3, -0.25) is 10.2 Å². The standard InChI is InChI=1S/C22H22F3N3O3/c1-3-29-18-10-14-9-16-20(15(14)11-19(18)30-4-2)27-28-21(16)26-12-13-7-5-6-8-17(13)31-22(23,24)25/h5-11,26-28H,3-4,12H2,1-2H3. The first-order valence-electron chi connectivity index (χ1n) is 9.89. The smallest absolute Gasteiger partial charge is 0.490 e. The molecule has 0 fully saturated rings. The molecular weight excluding hydrogens is 411 g/mol. The first-order chi connectivity index (χ1) is 14.9. The van der Waals surface area contributed by atoms with Crippen LogP contribution in [0.4, 0.5) is 19.0 Å². The molecule has 1 heterocycles. The summed E-state index contributed by atoms with van der Waals surface area (Å²) >= 11 is 0. The van der Waals surface area contributed by atoms with Crippen molar-refractivity contribution >= 4 is 16.6 Å². The van der Waals surface area contributed by atoms with Gasteiger partial charge in [0, 0.05) is 23.1 Å². The Morgan fingerprint density at radius 2 is 1.61 bits per heavy atom. The van der Waals surface area contributed by atoms with Gasteiger partial charge in [0.05, 0.1) is 18.9 Å². The third-order valence-corrected chi connectivity index (χ3v) is 4.79. The number of alkyl halides is 3. The van der Waals surface area contributed by atoms with Crippen molar-refractivity contribution in [2.75, 3.05) is 18.5 Å². The summed E-state index contributed by atoms with van der Waals surface area (Å²) in [6.07, 6.45) is -4.75. The number of ether oxygens (including phenoxy) is 3.